The number of benzene rings is 2. The summed E-state index contributed by atoms with van der Waals surface area (Å²) in [6.45, 7) is 0.410. The molecule has 0 spiro atoms. The molecule has 114 valence electrons. The van der Waals surface area contributed by atoms with Crippen LogP contribution in [0, 0.1) is 11.3 Å². The van der Waals surface area contributed by atoms with E-state index in [1.807, 2.05) is 42.5 Å². The Balaban J connectivity index is 0.00000242. The number of nitrogens with zero attached hydrogens (tertiary/aromatic N) is 1. The number of amides is 1. The molecule has 5 heteroatoms. The molecule has 0 unspecified atom stereocenters. The van der Waals surface area contributed by atoms with Gasteiger partial charge in [0.2, 0.25) is 5.91 Å². The molecule has 22 heavy (non-hydrogen) atoms. The first-order valence-electron chi connectivity index (χ1n) is 6.75. The first-order chi connectivity index (χ1) is 10.2. The van der Waals surface area contributed by atoms with Crippen LogP contribution in [-0.4, -0.2) is 11.9 Å². The molecule has 0 radical (unpaired) electrons. The Labute approximate surface area is 136 Å². The van der Waals surface area contributed by atoms with Crippen LogP contribution in [-0.2, 0) is 17.8 Å². The van der Waals surface area contributed by atoms with E-state index in [2.05, 4.69) is 11.4 Å². The highest BCUT2D eigenvalue weighted by Crippen LogP contribution is 2.04. The topological polar surface area (TPSA) is 78.9 Å². The highest BCUT2D eigenvalue weighted by molar-refractivity contribution is 5.85. The first-order valence-corrected chi connectivity index (χ1v) is 6.75. The van der Waals surface area contributed by atoms with E-state index in [1.165, 1.54) is 0 Å². The average molecular weight is 316 g/mol. The standard InChI is InChI=1S/C17H17N3O.ClH/c18-11-14-6-8-15(9-7-14)12-20-17(21)16(19)10-13-4-2-1-3-5-13;/h1-9,16H,10,12,19H2,(H,20,21);1H/t16-;/m0./s1. The zero-order chi connectivity index (χ0) is 15.1. The van der Waals surface area contributed by atoms with Gasteiger partial charge < -0.3 is 11.1 Å². The SMILES string of the molecule is Cl.N#Cc1ccc(CNC(=O)[C@@H](N)Cc2ccccc2)cc1. The lowest BCUT2D eigenvalue weighted by atomic mass is 10.1. The maximum Gasteiger partial charge on any atom is 0.237 e. The van der Waals surface area contributed by atoms with Gasteiger partial charge in [-0.05, 0) is 29.7 Å². The van der Waals surface area contributed by atoms with Crippen LogP contribution < -0.4 is 11.1 Å². The Kier molecular flexibility index (Phi) is 7.11. The van der Waals surface area contributed by atoms with Gasteiger partial charge in [0, 0.05) is 6.54 Å². The lowest BCUT2D eigenvalue weighted by Gasteiger charge is -2.12. The molecule has 1 atom stereocenters. The highest BCUT2D eigenvalue weighted by atomic mass is 35.5. The molecule has 2 rings (SSSR count). The smallest absolute Gasteiger partial charge is 0.237 e. The largest absolute Gasteiger partial charge is 0.351 e. The average Bonchev–Trinajstić information content (AvgIpc) is 2.54. The monoisotopic (exact) mass is 315 g/mol. The second kappa shape index (κ2) is 8.83. The number of carbonyl (C=O) groups is 1. The zero-order valence-corrected chi connectivity index (χ0v) is 12.8. The van der Waals surface area contributed by atoms with Gasteiger partial charge in [0.15, 0.2) is 0 Å². The van der Waals surface area contributed by atoms with E-state index in [9.17, 15) is 4.79 Å². The summed E-state index contributed by atoms with van der Waals surface area (Å²) in [6, 6.07) is 18.3. The summed E-state index contributed by atoms with van der Waals surface area (Å²) >= 11 is 0. The van der Waals surface area contributed by atoms with Crippen LogP contribution >= 0.6 is 12.4 Å². The van der Waals surface area contributed by atoms with E-state index < -0.39 is 6.04 Å². The predicted octanol–water partition coefficient (Wildman–Crippen LogP) is 2.17. The summed E-state index contributed by atoms with van der Waals surface area (Å²) in [6.07, 6.45) is 0.514. The van der Waals surface area contributed by atoms with Crippen LogP contribution in [0.25, 0.3) is 0 Å². The normalized spacial score (nSPS) is 10.9. The van der Waals surface area contributed by atoms with Gasteiger partial charge in [-0.2, -0.15) is 5.26 Å². The number of nitrogens with one attached hydrogen (secondary N) is 1. The third kappa shape index (κ3) is 5.21. The Hall–Kier alpha value is -2.35. The zero-order valence-electron chi connectivity index (χ0n) is 12.0. The number of halogens is 1. The van der Waals surface area contributed by atoms with Crippen molar-refractivity contribution in [2.24, 2.45) is 5.73 Å². The van der Waals surface area contributed by atoms with E-state index in [-0.39, 0.29) is 18.3 Å². The van der Waals surface area contributed by atoms with Crippen molar-refractivity contribution in [3.63, 3.8) is 0 Å². The molecular formula is C17H18ClN3O. The van der Waals surface area contributed by atoms with E-state index >= 15 is 0 Å². The molecule has 0 fully saturated rings. The van der Waals surface area contributed by atoms with Crippen molar-refractivity contribution in [3.05, 3.63) is 71.3 Å². The van der Waals surface area contributed by atoms with E-state index in [4.69, 9.17) is 11.0 Å². The molecule has 0 aliphatic heterocycles. The van der Waals surface area contributed by atoms with Crippen LogP contribution in [0.1, 0.15) is 16.7 Å². The molecule has 0 aliphatic carbocycles. The molecule has 4 nitrogen and oxygen atoms in total. The van der Waals surface area contributed by atoms with Gasteiger partial charge in [-0.25, -0.2) is 0 Å². The summed E-state index contributed by atoms with van der Waals surface area (Å²) in [4.78, 5) is 12.0. The van der Waals surface area contributed by atoms with E-state index in [0.717, 1.165) is 11.1 Å². The highest BCUT2D eigenvalue weighted by Gasteiger charge is 2.13. The summed E-state index contributed by atoms with van der Waals surface area (Å²) in [5.41, 5.74) is 8.49. The number of rotatable bonds is 5. The van der Waals surface area contributed by atoms with Crippen LogP contribution in [0.15, 0.2) is 54.6 Å². The number of hydrogen-bond donors (Lipinski definition) is 2. The van der Waals surface area contributed by atoms with Gasteiger partial charge in [-0.15, -0.1) is 12.4 Å². The maximum atomic E-state index is 12.0. The van der Waals surface area contributed by atoms with Gasteiger partial charge >= 0.3 is 0 Å². The van der Waals surface area contributed by atoms with Crippen molar-refractivity contribution >= 4 is 18.3 Å². The van der Waals surface area contributed by atoms with Crippen molar-refractivity contribution in [1.29, 1.82) is 5.26 Å². The fourth-order valence-electron chi connectivity index (χ4n) is 1.98. The third-order valence-corrected chi connectivity index (χ3v) is 3.18. The summed E-state index contributed by atoms with van der Waals surface area (Å²) in [7, 11) is 0. The molecule has 0 heterocycles. The van der Waals surface area contributed by atoms with Crippen molar-refractivity contribution in [2.45, 2.75) is 19.0 Å². The minimum Gasteiger partial charge on any atom is -0.351 e. The maximum absolute atomic E-state index is 12.0. The van der Waals surface area contributed by atoms with Gasteiger partial charge in [0.1, 0.15) is 0 Å². The molecule has 2 aromatic carbocycles. The molecule has 0 saturated heterocycles. The molecule has 0 aliphatic rings. The van der Waals surface area contributed by atoms with Crippen molar-refractivity contribution in [2.75, 3.05) is 0 Å². The van der Waals surface area contributed by atoms with Crippen LogP contribution in [0.4, 0.5) is 0 Å². The lowest BCUT2D eigenvalue weighted by Crippen LogP contribution is -2.41. The van der Waals surface area contributed by atoms with Crippen molar-refractivity contribution < 1.29 is 4.79 Å². The second-order valence-electron chi connectivity index (χ2n) is 4.82. The van der Waals surface area contributed by atoms with Crippen LogP contribution in [0.2, 0.25) is 0 Å². The lowest BCUT2D eigenvalue weighted by molar-refractivity contribution is -0.122. The summed E-state index contributed by atoms with van der Waals surface area (Å²) in [5.74, 6) is -0.178. The third-order valence-electron chi connectivity index (χ3n) is 3.18. The van der Waals surface area contributed by atoms with E-state index in [1.54, 1.807) is 12.1 Å². The minimum atomic E-state index is -0.564. The van der Waals surface area contributed by atoms with Gasteiger partial charge in [-0.1, -0.05) is 42.5 Å². The molecule has 2 aromatic rings. The van der Waals surface area contributed by atoms with Gasteiger partial charge in [0.05, 0.1) is 17.7 Å². The molecule has 1 amide bonds. The first kappa shape index (κ1) is 17.7. The Morgan fingerprint density at radius 2 is 1.73 bits per heavy atom. The second-order valence-corrected chi connectivity index (χ2v) is 4.82. The molecule has 0 bridgehead atoms. The van der Waals surface area contributed by atoms with Crippen LogP contribution in [0.5, 0.6) is 0 Å². The minimum absolute atomic E-state index is 0. The van der Waals surface area contributed by atoms with Crippen molar-refractivity contribution in [3.8, 4) is 6.07 Å². The fourth-order valence-corrected chi connectivity index (χ4v) is 1.98. The molecule has 0 aromatic heterocycles. The van der Waals surface area contributed by atoms with Crippen molar-refractivity contribution in [1.82, 2.24) is 5.32 Å². The molecule has 0 saturated carbocycles. The quantitative estimate of drug-likeness (QED) is 0.887. The van der Waals surface area contributed by atoms with Gasteiger partial charge in [-0.3, -0.25) is 4.79 Å². The van der Waals surface area contributed by atoms with Crippen LogP contribution in [0.3, 0.4) is 0 Å². The summed E-state index contributed by atoms with van der Waals surface area (Å²) < 4.78 is 0. The Bertz CT molecular complexity index is 635. The Morgan fingerprint density at radius 3 is 2.32 bits per heavy atom. The fraction of sp³-hybridized carbons (Fsp3) is 0.176. The predicted molar refractivity (Wildman–Crippen MR) is 88.4 cm³/mol. The van der Waals surface area contributed by atoms with E-state index in [0.29, 0.717) is 18.5 Å². The number of nitriles is 1. The molecule has 3 N–H and O–H groups in total. The number of nitrogens with two attached hydrogens (primary N) is 1. The van der Waals surface area contributed by atoms with Gasteiger partial charge in [0.25, 0.3) is 0 Å². The number of hydrogen-bond acceptors (Lipinski definition) is 3. The molecular weight excluding hydrogens is 298 g/mol. The summed E-state index contributed by atoms with van der Waals surface area (Å²) in [5, 5.41) is 11.5. The Morgan fingerprint density at radius 1 is 1.09 bits per heavy atom. The number of carbonyl (C=O) groups excluding carboxylic acids is 1.